The number of rotatable bonds is 3. The van der Waals surface area contributed by atoms with Crippen LogP contribution in [0.15, 0.2) is 36.8 Å². The molecule has 31 heavy (non-hydrogen) atoms. The summed E-state index contributed by atoms with van der Waals surface area (Å²) >= 11 is 0. The quantitative estimate of drug-likeness (QED) is 0.680. The van der Waals surface area contributed by atoms with Gasteiger partial charge in [-0.1, -0.05) is 0 Å². The number of anilines is 2. The number of halogens is 3. The van der Waals surface area contributed by atoms with E-state index in [-0.39, 0.29) is 12.1 Å². The number of amides is 2. The molecule has 0 atom stereocenters. The van der Waals surface area contributed by atoms with Crippen LogP contribution in [0.2, 0.25) is 0 Å². The minimum absolute atomic E-state index is 0.181. The molecule has 0 unspecified atom stereocenters. The fourth-order valence-electron chi connectivity index (χ4n) is 3.47. The third-order valence-electron chi connectivity index (χ3n) is 5.14. The molecule has 8 nitrogen and oxygen atoms in total. The molecular formula is C20H22F3N7O. The van der Waals surface area contributed by atoms with Crippen LogP contribution in [0.25, 0.3) is 11.0 Å². The minimum atomic E-state index is -4.41. The van der Waals surface area contributed by atoms with E-state index in [0.29, 0.717) is 37.7 Å². The molecule has 1 fully saturated rings. The molecule has 0 aliphatic carbocycles. The van der Waals surface area contributed by atoms with E-state index < -0.39 is 11.7 Å². The van der Waals surface area contributed by atoms with Gasteiger partial charge in [-0.2, -0.15) is 18.3 Å². The lowest BCUT2D eigenvalue weighted by molar-refractivity contribution is -0.137. The summed E-state index contributed by atoms with van der Waals surface area (Å²) in [5, 5.41) is 8.01. The van der Waals surface area contributed by atoms with Crippen LogP contribution >= 0.6 is 0 Å². The number of aromatic nitrogens is 4. The highest BCUT2D eigenvalue weighted by Crippen LogP contribution is 2.29. The number of carbonyl (C=O) groups excluding carboxylic acids is 1. The molecule has 3 aromatic rings. The molecule has 0 spiro atoms. The van der Waals surface area contributed by atoms with Crippen LogP contribution in [-0.4, -0.2) is 56.9 Å². The zero-order valence-corrected chi connectivity index (χ0v) is 17.1. The number of hydrogen-bond donors (Lipinski definition) is 1. The molecule has 1 N–H and O–H groups in total. The summed E-state index contributed by atoms with van der Waals surface area (Å²) in [6.07, 6.45) is -0.260. The van der Waals surface area contributed by atoms with Crippen LogP contribution in [0.5, 0.6) is 0 Å². The van der Waals surface area contributed by atoms with E-state index in [1.54, 1.807) is 17.3 Å². The molecule has 1 aliphatic heterocycles. The summed E-state index contributed by atoms with van der Waals surface area (Å²) in [5.41, 5.74) is 0.553. The summed E-state index contributed by atoms with van der Waals surface area (Å²) in [7, 11) is 0. The molecule has 164 valence electrons. The first-order valence-electron chi connectivity index (χ1n) is 9.90. The maximum Gasteiger partial charge on any atom is 0.417 e. The van der Waals surface area contributed by atoms with E-state index in [0.717, 1.165) is 23.3 Å². The molecule has 0 aromatic carbocycles. The van der Waals surface area contributed by atoms with Gasteiger partial charge in [-0.05, 0) is 32.0 Å². The van der Waals surface area contributed by atoms with E-state index in [1.165, 1.54) is 6.07 Å². The number of pyridine rings is 2. The average molecular weight is 433 g/mol. The van der Waals surface area contributed by atoms with Crippen molar-refractivity contribution >= 4 is 28.6 Å². The summed E-state index contributed by atoms with van der Waals surface area (Å²) < 4.78 is 39.9. The Hall–Kier alpha value is -3.37. The van der Waals surface area contributed by atoms with Gasteiger partial charge in [0.2, 0.25) is 0 Å². The Morgan fingerprint density at radius 2 is 1.81 bits per heavy atom. The Bertz CT molecular complexity index is 1070. The van der Waals surface area contributed by atoms with E-state index in [9.17, 15) is 18.0 Å². The van der Waals surface area contributed by atoms with Crippen molar-refractivity contribution in [2.75, 3.05) is 36.4 Å². The number of nitrogens with zero attached hydrogens (tertiary/aromatic N) is 6. The maximum absolute atomic E-state index is 12.7. The van der Waals surface area contributed by atoms with Crippen molar-refractivity contribution in [3.8, 4) is 0 Å². The number of urea groups is 1. The van der Waals surface area contributed by atoms with Crippen molar-refractivity contribution in [2.24, 2.45) is 0 Å². The predicted octanol–water partition coefficient (Wildman–Crippen LogP) is 3.78. The van der Waals surface area contributed by atoms with Crippen molar-refractivity contribution in [2.45, 2.75) is 26.1 Å². The molecule has 0 saturated carbocycles. The first kappa shape index (κ1) is 20.9. The molecule has 0 radical (unpaired) electrons. The summed E-state index contributed by atoms with van der Waals surface area (Å²) in [4.78, 5) is 24.5. The van der Waals surface area contributed by atoms with Crippen molar-refractivity contribution < 1.29 is 18.0 Å². The third kappa shape index (κ3) is 4.39. The highest BCUT2D eigenvalue weighted by molar-refractivity contribution is 5.91. The zero-order chi connectivity index (χ0) is 22.2. The van der Waals surface area contributed by atoms with Crippen LogP contribution in [0.1, 0.15) is 25.5 Å². The average Bonchev–Trinajstić information content (AvgIpc) is 3.17. The Kier molecular flexibility index (Phi) is 5.42. The van der Waals surface area contributed by atoms with Crippen molar-refractivity contribution in [3.63, 3.8) is 0 Å². The lowest BCUT2D eigenvalue weighted by Gasteiger charge is -2.35. The SMILES string of the molecule is CC(C)n1ncc2cc(NC(=O)N3CCN(c4ccc(C(F)(F)F)cn4)CC3)cnc21. The first-order chi connectivity index (χ1) is 14.7. The Morgan fingerprint density at radius 3 is 2.42 bits per heavy atom. The first-order valence-corrected chi connectivity index (χ1v) is 9.90. The van der Waals surface area contributed by atoms with Crippen LogP contribution < -0.4 is 10.2 Å². The van der Waals surface area contributed by atoms with Crippen molar-refractivity contribution in [3.05, 3.63) is 42.4 Å². The lowest BCUT2D eigenvalue weighted by Crippen LogP contribution is -2.50. The largest absolute Gasteiger partial charge is 0.417 e. The highest BCUT2D eigenvalue weighted by atomic mass is 19.4. The monoisotopic (exact) mass is 433 g/mol. The molecule has 1 aliphatic rings. The fourth-order valence-corrected chi connectivity index (χ4v) is 3.47. The number of fused-ring (bicyclic) bond motifs is 1. The Balaban J connectivity index is 1.35. The van der Waals surface area contributed by atoms with Gasteiger partial charge < -0.3 is 15.1 Å². The number of hydrogen-bond acceptors (Lipinski definition) is 5. The van der Waals surface area contributed by atoms with E-state index in [4.69, 9.17) is 0 Å². The maximum atomic E-state index is 12.7. The van der Waals surface area contributed by atoms with Crippen LogP contribution in [0, 0.1) is 0 Å². The van der Waals surface area contributed by atoms with Crippen molar-refractivity contribution in [1.82, 2.24) is 24.6 Å². The van der Waals surface area contributed by atoms with Crippen LogP contribution in [0.3, 0.4) is 0 Å². The van der Waals surface area contributed by atoms with Crippen molar-refractivity contribution in [1.29, 1.82) is 0 Å². The molecule has 2 amide bonds. The van der Waals surface area contributed by atoms with Gasteiger partial charge in [0.25, 0.3) is 0 Å². The number of carbonyl (C=O) groups is 1. The lowest BCUT2D eigenvalue weighted by atomic mass is 10.2. The third-order valence-corrected chi connectivity index (χ3v) is 5.14. The zero-order valence-electron chi connectivity index (χ0n) is 17.1. The Labute approximate surface area is 176 Å². The van der Waals surface area contributed by atoms with Crippen LogP contribution in [-0.2, 0) is 6.18 Å². The van der Waals surface area contributed by atoms with Gasteiger partial charge in [-0.3, -0.25) is 0 Å². The van der Waals surface area contributed by atoms with Gasteiger partial charge in [0, 0.05) is 43.8 Å². The molecule has 4 heterocycles. The molecule has 1 saturated heterocycles. The molecule has 3 aromatic heterocycles. The topological polar surface area (TPSA) is 79.2 Å². The standard InChI is InChI=1S/C20H22F3N7O/c1-13(2)30-18-14(10-26-30)9-16(12-25-18)27-19(31)29-7-5-28(6-8-29)17-4-3-15(11-24-17)20(21,22)23/h3-4,9-13H,5-8H2,1-2H3,(H,27,31). The van der Waals surface area contributed by atoms with Gasteiger partial charge in [0.15, 0.2) is 5.65 Å². The summed E-state index contributed by atoms with van der Waals surface area (Å²) in [5.74, 6) is 0.463. The second-order valence-corrected chi connectivity index (χ2v) is 7.63. The number of alkyl halides is 3. The summed E-state index contributed by atoms with van der Waals surface area (Å²) in [6, 6.07) is 4.13. The second-order valence-electron chi connectivity index (χ2n) is 7.63. The van der Waals surface area contributed by atoms with E-state index >= 15 is 0 Å². The van der Waals surface area contributed by atoms with Gasteiger partial charge in [0.1, 0.15) is 5.82 Å². The highest BCUT2D eigenvalue weighted by Gasteiger charge is 2.31. The van der Waals surface area contributed by atoms with Gasteiger partial charge >= 0.3 is 12.2 Å². The molecule has 0 bridgehead atoms. The fraction of sp³-hybridized carbons (Fsp3) is 0.400. The molecule has 4 rings (SSSR count). The molecule has 11 heteroatoms. The van der Waals surface area contributed by atoms with E-state index in [1.807, 2.05) is 29.5 Å². The van der Waals surface area contributed by atoms with E-state index in [2.05, 4.69) is 20.4 Å². The van der Waals surface area contributed by atoms with Gasteiger partial charge in [0.05, 0.1) is 23.6 Å². The second kappa shape index (κ2) is 8.05. The minimum Gasteiger partial charge on any atom is -0.353 e. The summed E-state index contributed by atoms with van der Waals surface area (Å²) in [6.45, 7) is 5.84. The normalized spacial score (nSPS) is 15.0. The van der Waals surface area contributed by atoms with Crippen LogP contribution in [0.4, 0.5) is 29.5 Å². The number of nitrogens with one attached hydrogen (secondary N) is 1. The molecular weight excluding hydrogens is 411 g/mol. The van der Waals surface area contributed by atoms with Gasteiger partial charge in [-0.15, -0.1) is 0 Å². The Morgan fingerprint density at radius 1 is 1.06 bits per heavy atom. The van der Waals surface area contributed by atoms with Gasteiger partial charge in [-0.25, -0.2) is 19.4 Å². The number of piperazine rings is 1. The predicted molar refractivity (Wildman–Crippen MR) is 110 cm³/mol. The smallest absolute Gasteiger partial charge is 0.353 e.